The SMILES string of the molecule is Cn1cc(-c2ccncc2)c(C2CCC(CNC(=O)c3ccc4c(c3)OCO4)CC2)n1. The molecule has 0 saturated heterocycles. The molecule has 2 aliphatic rings. The van der Waals surface area contributed by atoms with Crippen molar-refractivity contribution in [3.63, 3.8) is 0 Å². The summed E-state index contributed by atoms with van der Waals surface area (Å²) in [5.74, 6) is 2.20. The van der Waals surface area contributed by atoms with E-state index in [0.717, 1.165) is 31.2 Å². The minimum Gasteiger partial charge on any atom is -0.454 e. The van der Waals surface area contributed by atoms with Gasteiger partial charge < -0.3 is 14.8 Å². The summed E-state index contributed by atoms with van der Waals surface area (Å²) in [6.45, 7) is 0.905. The maximum Gasteiger partial charge on any atom is 0.251 e. The summed E-state index contributed by atoms with van der Waals surface area (Å²) in [4.78, 5) is 16.7. The molecule has 1 amide bonds. The number of aryl methyl sites for hydroxylation is 1. The van der Waals surface area contributed by atoms with E-state index < -0.39 is 0 Å². The summed E-state index contributed by atoms with van der Waals surface area (Å²) in [6, 6.07) is 9.39. The van der Waals surface area contributed by atoms with Crippen molar-refractivity contribution in [3.8, 4) is 22.6 Å². The number of rotatable bonds is 5. The molecule has 31 heavy (non-hydrogen) atoms. The number of amides is 1. The van der Waals surface area contributed by atoms with Crippen LogP contribution in [0.3, 0.4) is 0 Å². The predicted octanol–water partition coefficient (Wildman–Crippen LogP) is 3.91. The van der Waals surface area contributed by atoms with E-state index in [0.29, 0.717) is 35.4 Å². The van der Waals surface area contributed by atoms with E-state index in [9.17, 15) is 4.79 Å². The van der Waals surface area contributed by atoms with Crippen LogP contribution in [0.25, 0.3) is 11.1 Å². The molecule has 0 spiro atoms. The lowest BCUT2D eigenvalue weighted by atomic mass is 9.79. The number of pyridine rings is 1. The molecule has 1 aromatic carbocycles. The zero-order valence-electron chi connectivity index (χ0n) is 17.6. The molecule has 3 aromatic rings. The topological polar surface area (TPSA) is 78.3 Å². The first-order valence-corrected chi connectivity index (χ1v) is 10.8. The van der Waals surface area contributed by atoms with Gasteiger partial charge in [0.05, 0.1) is 5.69 Å². The fraction of sp³-hybridized carbons (Fsp3) is 0.375. The molecule has 1 aliphatic carbocycles. The van der Waals surface area contributed by atoms with E-state index in [1.54, 1.807) is 18.2 Å². The average Bonchev–Trinajstić information content (AvgIpc) is 3.44. The Morgan fingerprint density at radius 3 is 2.68 bits per heavy atom. The number of hydrogen-bond acceptors (Lipinski definition) is 5. The molecule has 7 nitrogen and oxygen atoms in total. The minimum atomic E-state index is -0.0647. The van der Waals surface area contributed by atoms with Gasteiger partial charge in [-0.3, -0.25) is 14.5 Å². The van der Waals surface area contributed by atoms with Crippen LogP contribution in [0, 0.1) is 5.92 Å². The first-order chi connectivity index (χ1) is 15.2. The van der Waals surface area contributed by atoms with E-state index in [2.05, 4.69) is 16.5 Å². The molecular weight excluding hydrogens is 392 g/mol. The predicted molar refractivity (Wildman–Crippen MR) is 116 cm³/mol. The Bertz CT molecular complexity index is 1070. The van der Waals surface area contributed by atoms with Crippen molar-refractivity contribution in [1.82, 2.24) is 20.1 Å². The summed E-state index contributed by atoms with van der Waals surface area (Å²) < 4.78 is 12.6. The standard InChI is InChI=1S/C24H26N4O3/c1-28-14-20(17-8-10-25-11-9-17)23(27-28)18-4-2-16(3-5-18)13-26-24(29)19-6-7-21-22(12-19)31-15-30-21/h6-12,14,16,18H,2-5,13,15H2,1H3,(H,26,29). The Morgan fingerprint density at radius 2 is 1.87 bits per heavy atom. The molecule has 1 N–H and O–H groups in total. The van der Waals surface area contributed by atoms with Crippen molar-refractivity contribution in [1.29, 1.82) is 0 Å². The van der Waals surface area contributed by atoms with Gasteiger partial charge in [0.25, 0.3) is 5.91 Å². The first-order valence-electron chi connectivity index (χ1n) is 10.8. The fourth-order valence-electron chi connectivity index (χ4n) is 4.58. The average molecular weight is 418 g/mol. The molecule has 1 aliphatic heterocycles. The van der Waals surface area contributed by atoms with Gasteiger partial charge in [-0.2, -0.15) is 5.10 Å². The summed E-state index contributed by atoms with van der Waals surface area (Å²) >= 11 is 0. The van der Waals surface area contributed by atoms with Crippen LogP contribution in [0.4, 0.5) is 0 Å². The van der Waals surface area contributed by atoms with Gasteiger partial charge in [0.15, 0.2) is 11.5 Å². The molecule has 0 radical (unpaired) electrons. The molecule has 160 valence electrons. The molecule has 0 atom stereocenters. The number of carbonyl (C=O) groups excluding carboxylic acids is 1. The lowest BCUT2D eigenvalue weighted by molar-refractivity contribution is 0.0942. The second kappa shape index (κ2) is 8.41. The Balaban J connectivity index is 1.18. The Labute approximate surface area is 181 Å². The highest BCUT2D eigenvalue weighted by Crippen LogP contribution is 2.39. The smallest absolute Gasteiger partial charge is 0.251 e. The Morgan fingerprint density at radius 1 is 1.10 bits per heavy atom. The van der Waals surface area contributed by atoms with Gasteiger partial charge >= 0.3 is 0 Å². The van der Waals surface area contributed by atoms with Gasteiger partial charge in [0.1, 0.15) is 0 Å². The van der Waals surface area contributed by atoms with Crippen molar-refractivity contribution in [2.75, 3.05) is 13.3 Å². The summed E-state index contributed by atoms with van der Waals surface area (Å²) in [7, 11) is 1.98. The highest BCUT2D eigenvalue weighted by Gasteiger charge is 2.27. The van der Waals surface area contributed by atoms with Crippen LogP contribution in [-0.4, -0.2) is 34.0 Å². The Kier molecular flexibility index (Phi) is 5.32. The highest BCUT2D eigenvalue weighted by atomic mass is 16.7. The normalized spacial score (nSPS) is 19.9. The number of carbonyl (C=O) groups is 1. The Hall–Kier alpha value is -3.35. The van der Waals surface area contributed by atoms with Gasteiger partial charge in [-0.15, -0.1) is 0 Å². The molecule has 1 saturated carbocycles. The second-order valence-electron chi connectivity index (χ2n) is 8.33. The monoisotopic (exact) mass is 418 g/mol. The third kappa shape index (κ3) is 4.13. The molecular formula is C24H26N4O3. The van der Waals surface area contributed by atoms with Crippen LogP contribution in [0.1, 0.15) is 47.7 Å². The zero-order chi connectivity index (χ0) is 21.2. The number of nitrogens with one attached hydrogen (secondary N) is 1. The van der Waals surface area contributed by atoms with E-state index in [-0.39, 0.29) is 12.7 Å². The lowest BCUT2D eigenvalue weighted by Crippen LogP contribution is -2.31. The third-order valence-electron chi connectivity index (χ3n) is 6.27. The van der Waals surface area contributed by atoms with Crippen molar-refractivity contribution in [2.24, 2.45) is 13.0 Å². The highest BCUT2D eigenvalue weighted by molar-refractivity contribution is 5.94. The van der Waals surface area contributed by atoms with Crippen molar-refractivity contribution >= 4 is 5.91 Å². The van der Waals surface area contributed by atoms with E-state index in [1.807, 2.05) is 36.3 Å². The van der Waals surface area contributed by atoms with Crippen LogP contribution in [0.2, 0.25) is 0 Å². The third-order valence-corrected chi connectivity index (χ3v) is 6.27. The summed E-state index contributed by atoms with van der Waals surface area (Å²) in [6.07, 6.45) is 10.1. The molecule has 0 bridgehead atoms. The number of hydrogen-bond donors (Lipinski definition) is 1. The fourth-order valence-corrected chi connectivity index (χ4v) is 4.58. The number of nitrogens with zero attached hydrogens (tertiary/aromatic N) is 3. The quantitative estimate of drug-likeness (QED) is 0.680. The number of ether oxygens (including phenoxy) is 2. The van der Waals surface area contributed by atoms with E-state index in [1.165, 1.54) is 11.3 Å². The lowest BCUT2D eigenvalue weighted by Gasteiger charge is -2.28. The van der Waals surface area contributed by atoms with Crippen LogP contribution in [0.15, 0.2) is 48.9 Å². The molecule has 5 rings (SSSR count). The number of fused-ring (bicyclic) bond motifs is 1. The maximum absolute atomic E-state index is 12.6. The molecule has 7 heteroatoms. The van der Waals surface area contributed by atoms with Crippen LogP contribution < -0.4 is 14.8 Å². The largest absolute Gasteiger partial charge is 0.454 e. The van der Waals surface area contributed by atoms with Gasteiger partial charge in [-0.05, 0) is 67.5 Å². The van der Waals surface area contributed by atoms with Gasteiger partial charge in [0.2, 0.25) is 6.79 Å². The minimum absolute atomic E-state index is 0.0647. The van der Waals surface area contributed by atoms with Gasteiger partial charge in [-0.1, -0.05) is 0 Å². The summed E-state index contributed by atoms with van der Waals surface area (Å²) in [5.41, 5.74) is 4.14. The molecule has 1 fully saturated rings. The molecule has 3 heterocycles. The van der Waals surface area contributed by atoms with Crippen LogP contribution in [0.5, 0.6) is 11.5 Å². The summed E-state index contributed by atoms with van der Waals surface area (Å²) in [5, 5.41) is 7.88. The van der Waals surface area contributed by atoms with Gasteiger partial charge in [-0.25, -0.2) is 0 Å². The van der Waals surface area contributed by atoms with Crippen LogP contribution >= 0.6 is 0 Å². The number of benzene rings is 1. The molecule has 0 unspecified atom stereocenters. The van der Waals surface area contributed by atoms with E-state index >= 15 is 0 Å². The maximum atomic E-state index is 12.6. The van der Waals surface area contributed by atoms with Crippen LogP contribution in [-0.2, 0) is 7.05 Å². The second-order valence-corrected chi connectivity index (χ2v) is 8.33. The zero-order valence-corrected chi connectivity index (χ0v) is 17.6. The number of aromatic nitrogens is 3. The van der Waals surface area contributed by atoms with E-state index in [4.69, 9.17) is 14.6 Å². The van der Waals surface area contributed by atoms with Gasteiger partial charge in [0, 0.05) is 49.2 Å². The van der Waals surface area contributed by atoms with Crippen molar-refractivity contribution in [2.45, 2.75) is 31.6 Å². The first kappa shape index (κ1) is 19.6. The van der Waals surface area contributed by atoms with Crippen molar-refractivity contribution < 1.29 is 14.3 Å². The molecule has 2 aromatic heterocycles. The van der Waals surface area contributed by atoms with Crippen molar-refractivity contribution in [3.05, 3.63) is 60.2 Å².